The second kappa shape index (κ2) is 7.37. The fourth-order valence-electron chi connectivity index (χ4n) is 3.45. The van der Waals surface area contributed by atoms with Crippen LogP contribution in [0.15, 0.2) is 18.6 Å². The summed E-state index contributed by atoms with van der Waals surface area (Å²) in [5.41, 5.74) is 0.144. The Labute approximate surface area is 140 Å². The van der Waals surface area contributed by atoms with Crippen LogP contribution in [0.1, 0.15) is 29.8 Å². The molecule has 2 aliphatic rings. The Morgan fingerprint density at radius 2 is 1.83 bits per heavy atom. The van der Waals surface area contributed by atoms with Gasteiger partial charge < -0.3 is 15.5 Å². The molecule has 2 N–H and O–H groups in total. The fourth-order valence-corrected chi connectivity index (χ4v) is 3.45. The monoisotopic (exact) mass is 331 g/mol. The average Bonchev–Trinajstić information content (AvgIpc) is 3.20. The van der Waals surface area contributed by atoms with Crippen LogP contribution in [0, 0.1) is 11.8 Å². The van der Waals surface area contributed by atoms with E-state index in [9.17, 15) is 14.4 Å². The minimum absolute atomic E-state index is 0.0285. The zero-order chi connectivity index (χ0) is 16.9. The molecule has 2 heterocycles. The highest BCUT2D eigenvalue weighted by Gasteiger charge is 2.37. The highest BCUT2D eigenvalue weighted by atomic mass is 16.2. The van der Waals surface area contributed by atoms with E-state index in [0.29, 0.717) is 11.8 Å². The molecule has 128 valence electrons. The minimum Gasteiger partial charge on any atom is -0.345 e. The maximum absolute atomic E-state index is 12.1. The molecule has 1 aliphatic carbocycles. The highest BCUT2D eigenvalue weighted by molar-refractivity contribution is 5.95. The summed E-state index contributed by atoms with van der Waals surface area (Å²) in [5, 5.41) is 5.00. The molecule has 1 saturated heterocycles. The van der Waals surface area contributed by atoms with Gasteiger partial charge in [0.1, 0.15) is 5.69 Å². The first-order valence-electron chi connectivity index (χ1n) is 8.22. The number of nitrogens with zero attached hydrogens (tertiary/aromatic N) is 3. The summed E-state index contributed by atoms with van der Waals surface area (Å²) in [5.74, 6) is 0.335. The van der Waals surface area contributed by atoms with Gasteiger partial charge in [-0.2, -0.15) is 0 Å². The maximum Gasteiger partial charge on any atom is 0.271 e. The largest absolute Gasteiger partial charge is 0.345 e. The van der Waals surface area contributed by atoms with Crippen molar-refractivity contribution in [2.75, 3.05) is 26.2 Å². The van der Waals surface area contributed by atoms with Gasteiger partial charge >= 0.3 is 0 Å². The Kier molecular flexibility index (Phi) is 5.02. The lowest BCUT2D eigenvalue weighted by Crippen LogP contribution is -2.43. The molecule has 0 aromatic carbocycles. The SMILES string of the molecule is O=C(CNC(=O)c1cnccn1)NCC(=O)N1CC2CCCC2C1. The molecule has 1 aromatic rings. The summed E-state index contributed by atoms with van der Waals surface area (Å²) in [7, 11) is 0. The van der Waals surface area contributed by atoms with Crippen molar-refractivity contribution in [3.63, 3.8) is 0 Å². The predicted molar refractivity (Wildman–Crippen MR) is 84.8 cm³/mol. The van der Waals surface area contributed by atoms with Crippen molar-refractivity contribution in [2.24, 2.45) is 11.8 Å². The number of likely N-dealkylation sites (tertiary alicyclic amines) is 1. The Hall–Kier alpha value is -2.51. The van der Waals surface area contributed by atoms with Gasteiger partial charge in [0.25, 0.3) is 5.91 Å². The van der Waals surface area contributed by atoms with Crippen LogP contribution in [0.2, 0.25) is 0 Å². The zero-order valence-electron chi connectivity index (χ0n) is 13.4. The molecule has 1 aliphatic heterocycles. The molecule has 8 heteroatoms. The lowest BCUT2D eigenvalue weighted by molar-refractivity contribution is -0.132. The summed E-state index contributed by atoms with van der Waals surface area (Å²) in [6.07, 6.45) is 7.85. The Morgan fingerprint density at radius 1 is 1.08 bits per heavy atom. The number of hydrogen-bond donors (Lipinski definition) is 2. The quantitative estimate of drug-likeness (QED) is 0.763. The molecule has 24 heavy (non-hydrogen) atoms. The van der Waals surface area contributed by atoms with Gasteiger partial charge in [-0.1, -0.05) is 6.42 Å². The Bertz CT molecular complexity index is 609. The highest BCUT2D eigenvalue weighted by Crippen LogP contribution is 2.37. The predicted octanol–water partition coefficient (Wildman–Crippen LogP) is -0.419. The molecule has 2 atom stereocenters. The van der Waals surface area contributed by atoms with Crippen molar-refractivity contribution >= 4 is 17.7 Å². The van der Waals surface area contributed by atoms with Gasteiger partial charge in [-0.3, -0.25) is 19.4 Å². The molecule has 0 spiro atoms. The molecule has 8 nitrogen and oxygen atoms in total. The van der Waals surface area contributed by atoms with E-state index in [1.807, 2.05) is 4.90 Å². The standard InChI is InChI=1S/C16H21N5O3/c22-14(7-20-16(24)13-6-17-4-5-18-13)19-8-15(23)21-9-11-2-1-3-12(11)10-21/h4-6,11-12H,1-3,7-10H2,(H,19,22)(H,20,24). The van der Waals surface area contributed by atoms with Gasteiger partial charge in [-0.25, -0.2) is 4.98 Å². The third-order valence-electron chi connectivity index (χ3n) is 4.72. The van der Waals surface area contributed by atoms with Crippen LogP contribution in [-0.2, 0) is 9.59 Å². The van der Waals surface area contributed by atoms with Crippen molar-refractivity contribution in [1.82, 2.24) is 25.5 Å². The maximum atomic E-state index is 12.1. The fraction of sp³-hybridized carbons (Fsp3) is 0.562. The first-order valence-corrected chi connectivity index (χ1v) is 8.22. The van der Waals surface area contributed by atoms with Gasteiger partial charge in [0, 0.05) is 25.5 Å². The lowest BCUT2D eigenvalue weighted by atomic mass is 10.0. The van der Waals surface area contributed by atoms with Gasteiger partial charge in [0.05, 0.1) is 19.3 Å². The summed E-state index contributed by atoms with van der Waals surface area (Å²) in [6, 6.07) is 0. The van der Waals surface area contributed by atoms with Crippen molar-refractivity contribution < 1.29 is 14.4 Å². The van der Waals surface area contributed by atoms with E-state index in [0.717, 1.165) is 13.1 Å². The summed E-state index contributed by atoms with van der Waals surface area (Å²) >= 11 is 0. The van der Waals surface area contributed by atoms with Crippen LogP contribution in [-0.4, -0.2) is 58.8 Å². The van der Waals surface area contributed by atoms with Crippen molar-refractivity contribution in [3.8, 4) is 0 Å². The van der Waals surface area contributed by atoms with Crippen LogP contribution in [0.5, 0.6) is 0 Å². The molecular weight excluding hydrogens is 310 g/mol. The van der Waals surface area contributed by atoms with E-state index < -0.39 is 11.8 Å². The van der Waals surface area contributed by atoms with Gasteiger partial charge in [-0.05, 0) is 24.7 Å². The van der Waals surface area contributed by atoms with Gasteiger partial charge in [0.15, 0.2) is 0 Å². The van der Waals surface area contributed by atoms with E-state index in [1.54, 1.807) is 0 Å². The molecule has 3 amide bonds. The smallest absolute Gasteiger partial charge is 0.271 e. The average molecular weight is 331 g/mol. The van der Waals surface area contributed by atoms with Gasteiger partial charge in [0.2, 0.25) is 11.8 Å². The van der Waals surface area contributed by atoms with E-state index in [2.05, 4.69) is 20.6 Å². The second-order valence-corrected chi connectivity index (χ2v) is 6.30. The second-order valence-electron chi connectivity index (χ2n) is 6.30. The first-order chi connectivity index (χ1) is 11.6. The van der Waals surface area contributed by atoms with E-state index in [-0.39, 0.29) is 24.7 Å². The number of aromatic nitrogens is 2. The third kappa shape index (κ3) is 3.87. The number of rotatable bonds is 5. The van der Waals surface area contributed by atoms with Crippen LogP contribution < -0.4 is 10.6 Å². The number of amides is 3. The van der Waals surface area contributed by atoms with Gasteiger partial charge in [-0.15, -0.1) is 0 Å². The third-order valence-corrected chi connectivity index (χ3v) is 4.72. The molecule has 0 bridgehead atoms. The molecule has 1 aromatic heterocycles. The van der Waals surface area contributed by atoms with Crippen molar-refractivity contribution in [3.05, 3.63) is 24.3 Å². The number of carbonyl (C=O) groups is 3. The van der Waals surface area contributed by atoms with E-state index in [4.69, 9.17) is 0 Å². The molecule has 1 saturated carbocycles. The van der Waals surface area contributed by atoms with Crippen LogP contribution in [0.25, 0.3) is 0 Å². The van der Waals surface area contributed by atoms with Crippen molar-refractivity contribution in [2.45, 2.75) is 19.3 Å². The Balaban J connectivity index is 1.36. The molecule has 2 fully saturated rings. The molecular formula is C16H21N5O3. The molecule has 0 radical (unpaired) electrons. The Morgan fingerprint density at radius 3 is 2.50 bits per heavy atom. The number of hydrogen-bond acceptors (Lipinski definition) is 5. The lowest BCUT2D eigenvalue weighted by Gasteiger charge is -2.17. The summed E-state index contributed by atoms with van der Waals surface area (Å²) in [6.45, 7) is 1.39. The topological polar surface area (TPSA) is 104 Å². The summed E-state index contributed by atoms with van der Waals surface area (Å²) in [4.78, 5) is 45.1. The van der Waals surface area contributed by atoms with Crippen LogP contribution in [0.3, 0.4) is 0 Å². The number of fused-ring (bicyclic) bond motifs is 1. The van der Waals surface area contributed by atoms with Crippen molar-refractivity contribution in [1.29, 1.82) is 0 Å². The molecule has 3 rings (SSSR count). The van der Waals surface area contributed by atoms with Crippen LogP contribution >= 0.6 is 0 Å². The van der Waals surface area contributed by atoms with E-state index in [1.165, 1.54) is 37.9 Å². The van der Waals surface area contributed by atoms with E-state index >= 15 is 0 Å². The zero-order valence-corrected chi connectivity index (χ0v) is 13.4. The summed E-state index contributed by atoms with van der Waals surface area (Å²) < 4.78 is 0. The minimum atomic E-state index is -0.475. The van der Waals surface area contributed by atoms with Crippen LogP contribution in [0.4, 0.5) is 0 Å². The number of carbonyl (C=O) groups excluding carboxylic acids is 3. The first kappa shape index (κ1) is 16.4. The number of nitrogens with one attached hydrogen (secondary N) is 2. The molecule has 2 unspecified atom stereocenters. The normalized spacial score (nSPS) is 22.1.